The van der Waals surface area contributed by atoms with Crippen LogP contribution in [0.15, 0.2) is 24.3 Å². The van der Waals surface area contributed by atoms with Crippen LogP contribution in [0.4, 0.5) is 4.39 Å². The highest BCUT2D eigenvalue weighted by Crippen LogP contribution is 2.05. The predicted molar refractivity (Wildman–Crippen MR) is 79.6 cm³/mol. The van der Waals surface area contributed by atoms with Crippen LogP contribution in [0.1, 0.15) is 18.9 Å². The van der Waals surface area contributed by atoms with Gasteiger partial charge in [0.25, 0.3) is 0 Å². The highest BCUT2D eigenvalue weighted by molar-refractivity contribution is 7.80. The number of hydrogen-bond donors (Lipinski definition) is 1. The van der Waals surface area contributed by atoms with Crippen LogP contribution in [0.5, 0.6) is 0 Å². The zero-order chi connectivity index (χ0) is 14.1. The summed E-state index contributed by atoms with van der Waals surface area (Å²) >= 11 is 5.28. The van der Waals surface area contributed by atoms with Gasteiger partial charge in [-0.05, 0) is 43.3 Å². The predicted octanol–water partition coefficient (Wildman–Crippen LogP) is 2.56. The normalized spacial score (nSPS) is 10.3. The summed E-state index contributed by atoms with van der Waals surface area (Å²) in [6.07, 6.45) is 0.929. The maximum absolute atomic E-state index is 12.8. The zero-order valence-corrected chi connectivity index (χ0v) is 12.3. The third-order valence-corrected chi connectivity index (χ3v) is 3.08. The first-order valence-electron chi connectivity index (χ1n) is 6.44. The number of halogens is 1. The first-order chi connectivity index (χ1) is 9.13. The molecule has 0 heterocycles. The minimum atomic E-state index is -0.219. The van der Waals surface area contributed by atoms with Crippen molar-refractivity contribution in [1.29, 1.82) is 0 Å². The smallest absolute Gasteiger partial charge is 0.168 e. The second-order valence-electron chi connectivity index (χ2n) is 4.26. The van der Waals surface area contributed by atoms with E-state index in [1.807, 2.05) is 18.9 Å². The van der Waals surface area contributed by atoms with Gasteiger partial charge in [-0.25, -0.2) is 4.39 Å². The van der Waals surface area contributed by atoms with E-state index in [2.05, 4.69) is 5.32 Å². The van der Waals surface area contributed by atoms with E-state index in [-0.39, 0.29) is 5.82 Å². The number of thiocarbonyl (C=S) groups is 1. The van der Waals surface area contributed by atoms with Crippen molar-refractivity contribution in [2.45, 2.75) is 19.9 Å². The van der Waals surface area contributed by atoms with E-state index in [0.717, 1.165) is 31.7 Å². The Morgan fingerprint density at radius 2 is 2.05 bits per heavy atom. The lowest BCUT2D eigenvalue weighted by molar-refractivity contribution is 0.145. The van der Waals surface area contributed by atoms with Crippen LogP contribution in [0.2, 0.25) is 0 Å². The van der Waals surface area contributed by atoms with Crippen molar-refractivity contribution in [1.82, 2.24) is 10.2 Å². The summed E-state index contributed by atoms with van der Waals surface area (Å²) in [5.41, 5.74) is 1.03. The molecule has 0 fully saturated rings. The molecule has 0 aromatic heterocycles. The Labute approximate surface area is 119 Å². The molecule has 1 N–H and O–H groups in total. The first-order valence-corrected chi connectivity index (χ1v) is 6.85. The molecule has 19 heavy (non-hydrogen) atoms. The van der Waals surface area contributed by atoms with Crippen molar-refractivity contribution >= 4 is 17.3 Å². The molecule has 5 heteroatoms. The van der Waals surface area contributed by atoms with E-state index in [1.165, 1.54) is 12.1 Å². The van der Waals surface area contributed by atoms with E-state index in [0.29, 0.717) is 11.7 Å². The molecule has 0 spiro atoms. The lowest BCUT2D eigenvalue weighted by atomic mass is 10.2. The minimum absolute atomic E-state index is 0.219. The summed E-state index contributed by atoms with van der Waals surface area (Å²) in [7, 11) is 1.92. The lowest BCUT2D eigenvalue weighted by Crippen LogP contribution is -2.37. The van der Waals surface area contributed by atoms with Gasteiger partial charge < -0.3 is 15.0 Å². The molecule has 0 amide bonds. The SMILES string of the molecule is CCOCCCNC(=S)N(C)Cc1ccc(F)cc1. The Kier molecular flexibility index (Phi) is 7.36. The summed E-state index contributed by atoms with van der Waals surface area (Å²) in [6, 6.07) is 6.45. The van der Waals surface area contributed by atoms with Gasteiger partial charge in [-0.3, -0.25) is 0 Å². The number of ether oxygens (including phenoxy) is 1. The summed E-state index contributed by atoms with van der Waals surface area (Å²) < 4.78 is 18.0. The fourth-order valence-corrected chi connectivity index (χ4v) is 1.75. The van der Waals surface area contributed by atoms with Crippen LogP contribution >= 0.6 is 12.2 Å². The second-order valence-corrected chi connectivity index (χ2v) is 4.65. The number of benzene rings is 1. The largest absolute Gasteiger partial charge is 0.382 e. The van der Waals surface area contributed by atoms with Gasteiger partial charge >= 0.3 is 0 Å². The van der Waals surface area contributed by atoms with E-state index in [1.54, 1.807) is 12.1 Å². The van der Waals surface area contributed by atoms with Crippen molar-refractivity contribution < 1.29 is 9.13 Å². The van der Waals surface area contributed by atoms with Crippen LogP contribution in [-0.4, -0.2) is 36.8 Å². The minimum Gasteiger partial charge on any atom is -0.382 e. The van der Waals surface area contributed by atoms with Crippen LogP contribution in [-0.2, 0) is 11.3 Å². The van der Waals surface area contributed by atoms with Crippen LogP contribution in [0, 0.1) is 5.82 Å². The highest BCUT2D eigenvalue weighted by atomic mass is 32.1. The van der Waals surface area contributed by atoms with Gasteiger partial charge in [-0.15, -0.1) is 0 Å². The van der Waals surface area contributed by atoms with Crippen molar-refractivity contribution in [2.24, 2.45) is 0 Å². The molecule has 0 saturated carbocycles. The Balaban J connectivity index is 2.26. The Hall–Kier alpha value is -1.20. The maximum Gasteiger partial charge on any atom is 0.168 e. The molecule has 1 aromatic carbocycles. The molecule has 0 atom stereocenters. The van der Waals surface area contributed by atoms with Gasteiger partial charge in [-0.1, -0.05) is 12.1 Å². The van der Waals surface area contributed by atoms with Gasteiger partial charge in [-0.2, -0.15) is 0 Å². The van der Waals surface area contributed by atoms with Crippen LogP contribution in [0.25, 0.3) is 0 Å². The van der Waals surface area contributed by atoms with Crippen molar-refractivity contribution in [3.05, 3.63) is 35.6 Å². The molecule has 106 valence electrons. The van der Waals surface area contributed by atoms with Gasteiger partial charge in [0.1, 0.15) is 5.82 Å². The molecule has 0 saturated heterocycles. The van der Waals surface area contributed by atoms with Crippen molar-refractivity contribution in [3.63, 3.8) is 0 Å². The molecular formula is C14H21FN2OS. The molecule has 0 unspecified atom stereocenters. The molecular weight excluding hydrogens is 263 g/mol. The number of hydrogen-bond acceptors (Lipinski definition) is 2. The molecule has 0 aliphatic carbocycles. The van der Waals surface area contributed by atoms with Crippen LogP contribution in [0.3, 0.4) is 0 Å². The molecule has 1 aromatic rings. The van der Waals surface area contributed by atoms with E-state index in [4.69, 9.17) is 17.0 Å². The van der Waals surface area contributed by atoms with E-state index >= 15 is 0 Å². The highest BCUT2D eigenvalue weighted by Gasteiger charge is 2.04. The fraction of sp³-hybridized carbons (Fsp3) is 0.500. The standard InChI is InChI=1S/C14H21FN2OS/c1-3-18-10-4-9-16-14(19)17(2)11-12-5-7-13(15)8-6-12/h5-8H,3-4,9-11H2,1-2H3,(H,16,19). The summed E-state index contributed by atoms with van der Waals surface area (Å²) in [5.74, 6) is -0.219. The summed E-state index contributed by atoms with van der Waals surface area (Å²) in [5, 5.41) is 3.87. The van der Waals surface area contributed by atoms with E-state index < -0.39 is 0 Å². The quantitative estimate of drug-likeness (QED) is 0.614. The van der Waals surface area contributed by atoms with Crippen molar-refractivity contribution in [2.75, 3.05) is 26.8 Å². The maximum atomic E-state index is 12.8. The second kappa shape index (κ2) is 8.82. The van der Waals surface area contributed by atoms with Gasteiger partial charge in [0.05, 0.1) is 0 Å². The van der Waals surface area contributed by atoms with Gasteiger partial charge in [0, 0.05) is 33.4 Å². The molecule has 0 aliphatic heterocycles. The third kappa shape index (κ3) is 6.50. The number of rotatable bonds is 7. The molecule has 0 bridgehead atoms. The number of nitrogens with one attached hydrogen (secondary N) is 1. The number of nitrogens with zero attached hydrogens (tertiary/aromatic N) is 1. The monoisotopic (exact) mass is 284 g/mol. The summed E-state index contributed by atoms with van der Waals surface area (Å²) in [6.45, 7) is 4.93. The van der Waals surface area contributed by atoms with Crippen LogP contribution < -0.4 is 5.32 Å². The fourth-order valence-electron chi connectivity index (χ4n) is 1.58. The average molecular weight is 284 g/mol. The first kappa shape index (κ1) is 15.9. The Morgan fingerprint density at radius 3 is 2.68 bits per heavy atom. The van der Waals surface area contributed by atoms with Gasteiger partial charge in [0.15, 0.2) is 5.11 Å². The lowest BCUT2D eigenvalue weighted by Gasteiger charge is -2.21. The Morgan fingerprint density at radius 1 is 1.37 bits per heavy atom. The third-order valence-electron chi connectivity index (χ3n) is 2.63. The average Bonchev–Trinajstić information content (AvgIpc) is 2.41. The summed E-state index contributed by atoms with van der Waals surface area (Å²) in [4.78, 5) is 1.93. The van der Waals surface area contributed by atoms with Crippen molar-refractivity contribution in [3.8, 4) is 0 Å². The molecule has 0 aliphatic rings. The molecule has 0 radical (unpaired) electrons. The zero-order valence-electron chi connectivity index (χ0n) is 11.5. The Bertz CT molecular complexity index is 384. The topological polar surface area (TPSA) is 24.5 Å². The van der Waals surface area contributed by atoms with E-state index in [9.17, 15) is 4.39 Å². The van der Waals surface area contributed by atoms with Gasteiger partial charge in [0.2, 0.25) is 0 Å². The molecule has 1 rings (SSSR count). The molecule has 3 nitrogen and oxygen atoms in total.